The summed E-state index contributed by atoms with van der Waals surface area (Å²) in [5.41, 5.74) is 20.1. The largest absolute Gasteiger partial charge is 0.446 e. The number of rotatable bonds is 0. The van der Waals surface area contributed by atoms with Crippen molar-refractivity contribution in [2.45, 2.75) is 13.8 Å². The number of anilines is 3. The molecule has 0 unspecified atom stereocenters. The first-order valence-electron chi connectivity index (χ1n) is 3.37. The molecule has 1 rings (SSSR count). The first-order chi connectivity index (χ1) is 5.04. The summed E-state index contributed by atoms with van der Waals surface area (Å²) in [6.07, 6.45) is 0. The predicted molar refractivity (Wildman–Crippen MR) is 48.0 cm³/mol. The van der Waals surface area contributed by atoms with Crippen LogP contribution in [-0.4, -0.2) is 0 Å². The zero-order valence-electron chi connectivity index (χ0n) is 7.18. The second kappa shape index (κ2) is 4.04. The molecule has 0 bridgehead atoms. The van der Waals surface area contributed by atoms with Crippen molar-refractivity contribution in [3.8, 4) is 0 Å². The number of hydrogen-bond donors (Lipinski definition) is 3. The Kier molecular flexibility index (Phi) is 3.91. The van der Waals surface area contributed by atoms with Crippen molar-refractivity contribution in [1.82, 2.24) is 0 Å². The molecule has 4 heteroatoms. The van der Waals surface area contributed by atoms with E-state index in [4.69, 9.17) is 17.2 Å². The summed E-state index contributed by atoms with van der Waals surface area (Å²) in [7, 11) is 0. The Morgan fingerprint density at radius 3 is 2.00 bits per heavy atom. The number of aryl methyl sites for hydroxylation is 1. The number of nitrogen functional groups attached to an aromatic ring is 3. The third kappa shape index (κ3) is 1.86. The third-order valence-electron chi connectivity index (χ3n) is 1.87. The molecular formula is C8H12N3Np-. The van der Waals surface area contributed by atoms with Crippen LogP contribution in [-0.2, 0) is 0 Å². The van der Waals surface area contributed by atoms with Gasteiger partial charge in [0.25, 0.3) is 0 Å². The normalized spacial score (nSPS) is 9.17. The first-order valence-corrected chi connectivity index (χ1v) is 3.37. The summed E-state index contributed by atoms with van der Waals surface area (Å²) >= 11 is 0. The van der Waals surface area contributed by atoms with Crippen LogP contribution in [0.15, 0.2) is 0 Å². The summed E-state index contributed by atoms with van der Waals surface area (Å²) in [6, 6.07) is 2.92. The molecule has 0 aliphatic heterocycles. The van der Waals surface area contributed by atoms with E-state index in [2.05, 4.69) is 6.07 Å². The number of benzene rings is 1. The first kappa shape index (κ1) is 11.6. The van der Waals surface area contributed by atoms with Gasteiger partial charge in [-0.2, -0.15) is 11.6 Å². The summed E-state index contributed by atoms with van der Waals surface area (Å²) in [5.74, 6) is 0. The van der Waals surface area contributed by atoms with Gasteiger partial charge in [-0.25, -0.2) is 0 Å². The monoisotopic (exact) mass is 386 g/mol. The van der Waals surface area contributed by atoms with E-state index in [0.29, 0.717) is 17.1 Å². The molecule has 12 heavy (non-hydrogen) atoms. The topological polar surface area (TPSA) is 78.1 Å². The Morgan fingerprint density at radius 1 is 1.00 bits per heavy atom. The maximum atomic E-state index is 5.66. The van der Waals surface area contributed by atoms with Gasteiger partial charge in [-0.05, 0) is 5.69 Å². The number of nitrogens with two attached hydrogens (primary N) is 3. The fourth-order valence-corrected chi connectivity index (χ4v) is 0.912. The molecule has 0 spiro atoms. The Labute approximate surface area is 95.0 Å². The van der Waals surface area contributed by atoms with Crippen LogP contribution in [0.25, 0.3) is 0 Å². The van der Waals surface area contributed by atoms with E-state index in [1.165, 1.54) is 0 Å². The Bertz CT molecular complexity index is 271. The molecule has 0 aliphatic carbocycles. The molecule has 0 aliphatic rings. The van der Waals surface area contributed by atoms with Gasteiger partial charge in [-0.3, -0.25) is 0 Å². The van der Waals surface area contributed by atoms with Crippen molar-refractivity contribution >= 4 is 17.1 Å². The molecular weight excluding hydrogens is 375 g/mol. The van der Waals surface area contributed by atoms with Crippen LogP contribution in [0, 0.1) is 49.9 Å². The van der Waals surface area contributed by atoms with Crippen molar-refractivity contribution < 1.29 is 29.9 Å². The minimum Gasteiger partial charge on any atom is -0.446 e. The molecule has 0 saturated carbocycles. The molecule has 1 radical (unpaired) electrons. The van der Waals surface area contributed by atoms with Crippen LogP contribution >= 0.6 is 0 Å². The molecule has 6 N–H and O–H groups in total. The minimum absolute atomic E-state index is 0. The minimum atomic E-state index is 0. The van der Waals surface area contributed by atoms with Gasteiger partial charge in [-0.15, -0.1) is 5.56 Å². The molecule has 0 amide bonds. The van der Waals surface area contributed by atoms with Crippen LogP contribution in [0.2, 0.25) is 0 Å². The molecule has 0 saturated heterocycles. The van der Waals surface area contributed by atoms with E-state index in [1.807, 2.05) is 13.8 Å². The van der Waals surface area contributed by atoms with Gasteiger partial charge in [0.1, 0.15) is 0 Å². The van der Waals surface area contributed by atoms with E-state index in [0.717, 1.165) is 11.1 Å². The summed E-state index contributed by atoms with van der Waals surface area (Å²) in [5, 5.41) is 0. The van der Waals surface area contributed by atoms with Crippen LogP contribution in [0.5, 0.6) is 0 Å². The van der Waals surface area contributed by atoms with Gasteiger partial charge in [-0.1, -0.05) is 25.2 Å². The zero-order valence-corrected chi connectivity index (χ0v) is 10.9. The van der Waals surface area contributed by atoms with E-state index >= 15 is 0 Å². The summed E-state index contributed by atoms with van der Waals surface area (Å²) < 4.78 is 0. The Hall–Kier alpha value is -0.367. The van der Waals surface area contributed by atoms with E-state index in [9.17, 15) is 0 Å². The molecule has 0 fully saturated rings. The molecule has 1 aromatic carbocycles. The van der Waals surface area contributed by atoms with Crippen molar-refractivity contribution in [3.63, 3.8) is 0 Å². The third-order valence-corrected chi connectivity index (χ3v) is 1.87. The van der Waals surface area contributed by atoms with Crippen molar-refractivity contribution in [1.29, 1.82) is 0 Å². The van der Waals surface area contributed by atoms with Gasteiger partial charge in [0.2, 0.25) is 0 Å². The summed E-state index contributed by atoms with van der Waals surface area (Å²) in [4.78, 5) is 0. The van der Waals surface area contributed by atoms with Crippen molar-refractivity contribution in [2.75, 3.05) is 17.2 Å². The van der Waals surface area contributed by atoms with Gasteiger partial charge >= 0.3 is 0 Å². The maximum absolute atomic E-state index is 5.66. The van der Waals surface area contributed by atoms with Crippen LogP contribution in [0.3, 0.4) is 0 Å². The quantitative estimate of drug-likeness (QED) is 0.456. The standard InChI is InChI=1S/C8H12N3.Np/c1-4-3-6(9)8(11)7(10)5(4)2;/h9-11H2,1-2H3;/q-1;. The van der Waals surface area contributed by atoms with E-state index in [1.54, 1.807) is 0 Å². The van der Waals surface area contributed by atoms with Crippen LogP contribution < -0.4 is 17.2 Å². The van der Waals surface area contributed by atoms with Gasteiger partial charge in [0.05, 0.1) is 0 Å². The average molecular weight is 387 g/mol. The Balaban J connectivity index is 0.00000121. The van der Waals surface area contributed by atoms with Crippen molar-refractivity contribution in [3.05, 3.63) is 17.2 Å². The molecule has 0 aromatic heterocycles. The smallest absolute Gasteiger partial charge is 0 e. The van der Waals surface area contributed by atoms with Gasteiger partial charge < -0.3 is 17.2 Å². The predicted octanol–water partition coefficient (Wildman–Crippen LogP) is 0.850. The molecule has 3 nitrogen and oxygen atoms in total. The molecule has 0 atom stereocenters. The molecule has 65 valence electrons. The zero-order chi connectivity index (χ0) is 8.59. The maximum Gasteiger partial charge on any atom is 0 e. The second-order valence-electron chi connectivity index (χ2n) is 2.62. The van der Waals surface area contributed by atoms with Gasteiger partial charge in [0, 0.05) is 29.9 Å². The summed E-state index contributed by atoms with van der Waals surface area (Å²) in [6.45, 7) is 3.80. The van der Waals surface area contributed by atoms with Crippen LogP contribution in [0.4, 0.5) is 17.1 Å². The molecule has 0 heterocycles. The van der Waals surface area contributed by atoms with Crippen LogP contribution in [0.1, 0.15) is 11.1 Å². The van der Waals surface area contributed by atoms with Gasteiger partial charge in [0.15, 0.2) is 0 Å². The second-order valence-corrected chi connectivity index (χ2v) is 2.62. The average Bonchev–Trinajstić information content (AvgIpc) is 1.97. The van der Waals surface area contributed by atoms with E-state index in [-0.39, 0.29) is 29.9 Å². The fraction of sp³-hybridized carbons (Fsp3) is 0.250. The van der Waals surface area contributed by atoms with Crippen molar-refractivity contribution in [2.24, 2.45) is 0 Å². The SMILES string of the molecule is Cc1[c-]c(N)c(N)c(N)c1C.[Np]. The van der Waals surface area contributed by atoms with E-state index < -0.39 is 0 Å². The molecule has 1 aromatic rings. The Morgan fingerprint density at radius 2 is 1.50 bits per heavy atom. The number of hydrogen-bond acceptors (Lipinski definition) is 3. The fourth-order valence-electron chi connectivity index (χ4n) is 0.912.